The number of methoxy groups -OCH3 is 1. The van der Waals surface area contributed by atoms with Crippen molar-refractivity contribution in [2.45, 2.75) is 33.7 Å². The Kier molecular flexibility index (Phi) is 5.85. The van der Waals surface area contributed by atoms with Crippen LogP contribution in [0.25, 0.3) is 0 Å². The van der Waals surface area contributed by atoms with E-state index in [0.29, 0.717) is 29.1 Å². The summed E-state index contributed by atoms with van der Waals surface area (Å²) in [5, 5.41) is 3.17. The fraction of sp³-hybridized carbons (Fsp3) is 0.368. The van der Waals surface area contributed by atoms with Gasteiger partial charge < -0.3 is 19.8 Å². The van der Waals surface area contributed by atoms with E-state index in [2.05, 4.69) is 10.3 Å². The molecule has 1 heterocycles. The quantitative estimate of drug-likeness (QED) is 0.593. The second-order valence-electron chi connectivity index (χ2n) is 5.80. The molecule has 6 heteroatoms. The van der Waals surface area contributed by atoms with E-state index in [1.54, 1.807) is 20.8 Å². The minimum atomic E-state index is -0.458. The predicted octanol–water partition coefficient (Wildman–Crippen LogP) is 3.50. The third kappa shape index (κ3) is 4.02. The van der Waals surface area contributed by atoms with Crippen LogP contribution in [0.1, 0.15) is 46.0 Å². The number of hydrogen-bond acceptors (Lipinski definition) is 5. The topological polar surface area (TPSA) is 80.4 Å². The number of aromatic amines is 1. The number of carbonyl (C=O) groups excluding carboxylic acids is 2. The van der Waals surface area contributed by atoms with Crippen LogP contribution in [0.5, 0.6) is 5.75 Å². The molecule has 0 aliphatic rings. The highest BCUT2D eigenvalue weighted by Gasteiger charge is 2.25. The molecule has 134 valence electrons. The maximum atomic E-state index is 12.7. The number of hydrogen-bond donors (Lipinski definition) is 2. The summed E-state index contributed by atoms with van der Waals surface area (Å²) >= 11 is 0. The van der Waals surface area contributed by atoms with Gasteiger partial charge in [0.2, 0.25) is 5.78 Å². The first kappa shape index (κ1) is 18.6. The Labute approximate surface area is 147 Å². The molecule has 0 bridgehead atoms. The van der Waals surface area contributed by atoms with Crippen molar-refractivity contribution in [1.29, 1.82) is 0 Å². The maximum Gasteiger partial charge on any atom is 0.339 e. The number of benzene rings is 1. The van der Waals surface area contributed by atoms with Gasteiger partial charge in [0, 0.05) is 11.4 Å². The molecule has 0 unspecified atom stereocenters. The van der Waals surface area contributed by atoms with Crippen molar-refractivity contribution in [1.82, 2.24) is 4.98 Å². The van der Waals surface area contributed by atoms with E-state index in [1.807, 2.05) is 31.2 Å². The number of carbonyl (C=O) groups is 2. The Morgan fingerprint density at radius 2 is 1.84 bits per heavy atom. The summed E-state index contributed by atoms with van der Waals surface area (Å²) in [6.45, 7) is 7.81. The summed E-state index contributed by atoms with van der Waals surface area (Å²) in [5.74, 6) is 0.215. The lowest BCUT2D eigenvalue weighted by molar-refractivity contribution is 0.0599. The second-order valence-corrected chi connectivity index (χ2v) is 5.80. The van der Waals surface area contributed by atoms with Gasteiger partial charge in [0.05, 0.1) is 31.0 Å². The molecule has 0 spiro atoms. The molecular formula is C19H24N2O4. The first-order valence-corrected chi connectivity index (χ1v) is 8.20. The highest BCUT2D eigenvalue weighted by molar-refractivity contribution is 6.04. The fourth-order valence-corrected chi connectivity index (χ4v) is 2.75. The van der Waals surface area contributed by atoms with Gasteiger partial charge in [-0.2, -0.15) is 0 Å². The van der Waals surface area contributed by atoms with Crippen molar-refractivity contribution in [2.75, 3.05) is 19.0 Å². The van der Waals surface area contributed by atoms with Gasteiger partial charge in [-0.1, -0.05) is 0 Å². The first-order valence-electron chi connectivity index (χ1n) is 8.20. The molecule has 1 aromatic carbocycles. The van der Waals surface area contributed by atoms with Crippen LogP contribution in [0, 0.1) is 13.8 Å². The van der Waals surface area contributed by atoms with Crippen LogP contribution in [0.4, 0.5) is 5.69 Å². The predicted molar refractivity (Wildman–Crippen MR) is 96.6 cm³/mol. The van der Waals surface area contributed by atoms with Crippen LogP contribution >= 0.6 is 0 Å². The number of ketones is 1. The van der Waals surface area contributed by atoms with Gasteiger partial charge in [0.1, 0.15) is 5.75 Å². The van der Waals surface area contributed by atoms with Crippen molar-refractivity contribution < 1.29 is 19.1 Å². The number of ether oxygens (including phenoxy) is 2. The first-order chi connectivity index (χ1) is 11.9. The molecule has 0 saturated carbocycles. The van der Waals surface area contributed by atoms with Crippen molar-refractivity contribution in [3.63, 3.8) is 0 Å². The second kappa shape index (κ2) is 7.88. The minimum absolute atomic E-state index is 0.121. The molecule has 2 rings (SSSR count). The van der Waals surface area contributed by atoms with E-state index in [0.717, 1.165) is 11.4 Å². The molecule has 0 fully saturated rings. The van der Waals surface area contributed by atoms with Gasteiger partial charge >= 0.3 is 5.97 Å². The van der Waals surface area contributed by atoms with Crippen LogP contribution in [0.15, 0.2) is 24.3 Å². The zero-order chi connectivity index (χ0) is 18.6. The molecule has 6 nitrogen and oxygen atoms in total. The number of rotatable bonds is 7. The lowest BCUT2D eigenvalue weighted by atomic mass is 10.0. The monoisotopic (exact) mass is 344 g/mol. The van der Waals surface area contributed by atoms with Gasteiger partial charge in [-0.15, -0.1) is 0 Å². The van der Waals surface area contributed by atoms with Crippen molar-refractivity contribution in [2.24, 2.45) is 0 Å². The van der Waals surface area contributed by atoms with Gasteiger partial charge in [-0.05, 0) is 57.5 Å². The number of anilines is 1. The smallest absolute Gasteiger partial charge is 0.339 e. The third-order valence-corrected chi connectivity index (χ3v) is 4.02. The van der Waals surface area contributed by atoms with Crippen LogP contribution in [0.3, 0.4) is 0 Å². The van der Waals surface area contributed by atoms with Crippen molar-refractivity contribution >= 4 is 17.4 Å². The third-order valence-electron chi connectivity index (χ3n) is 4.02. The average molecular weight is 344 g/mol. The Balaban J connectivity index is 2.16. The molecule has 25 heavy (non-hydrogen) atoms. The van der Waals surface area contributed by atoms with Gasteiger partial charge in [-0.25, -0.2) is 4.79 Å². The van der Waals surface area contributed by atoms with E-state index in [1.165, 1.54) is 7.11 Å². The van der Waals surface area contributed by atoms with Gasteiger partial charge in [0.25, 0.3) is 0 Å². The molecular weight excluding hydrogens is 320 g/mol. The zero-order valence-corrected chi connectivity index (χ0v) is 15.2. The molecule has 1 atom stereocenters. The zero-order valence-electron chi connectivity index (χ0n) is 15.2. The van der Waals surface area contributed by atoms with Crippen LogP contribution in [-0.4, -0.2) is 36.5 Å². The summed E-state index contributed by atoms with van der Waals surface area (Å²) in [7, 11) is 1.33. The standard InChI is InChI=1S/C19H24N2O4/c1-6-25-15-9-7-14(8-10-15)20-13(4)18(22)17-11(2)16(12(3)21-17)19(23)24-5/h7-10,13,20-21H,6H2,1-5H3/t13-/m0/s1. The molecule has 0 amide bonds. The van der Waals surface area contributed by atoms with Crippen LogP contribution in [0.2, 0.25) is 0 Å². The minimum Gasteiger partial charge on any atom is -0.494 e. The number of esters is 1. The highest BCUT2D eigenvalue weighted by Crippen LogP contribution is 2.22. The fourth-order valence-electron chi connectivity index (χ4n) is 2.75. The summed E-state index contributed by atoms with van der Waals surface area (Å²) < 4.78 is 10.2. The lowest BCUT2D eigenvalue weighted by Crippen LogP contribution is -2.27. The largest absolute Gasteiger partial charge is 0.494 e. The average Bonchev–Trinajstić information content (AvgIpc) is 2.90. The molecule has 0 aliphatic heterocycles. The number of aryl methyl sites for hydroxylation is 1. The van der Waals surface area contributed by atoms with E-state index < -0.39 is 12.0 Å². The van der Waals surface area contributed by atoms with E-state index in [4.69, 9.17) is 9.47 Å². The Morgan fingerprint density at radius 1 is 1.20 bits per heavy atom. The Morgan fingerprint density at radius 3 is 2.40 bits per heavy atom. The Bertz CT molecular complexity index is 762. The number of Topliss-reactive ketones (excluding diaryl/α,β-unsaturated/α-hetero) is 1. The summed E-state index contributed by atoms with van der Waals surface area (Å²) in [5.41, 5.74) is 2.89. The van der Waals surface area contributed by atoms with Crippen LogP contribution in [-0.2, 0) is 4.74 Å². The van der Waals surface area contributed by atoms with Crippen molar-refractivity contribution in [3.8, 4) is 5.75 Å². The molecule has 2 N–H and O–H groups in total. The summed E-state index contributed by atoms with van der Waals surface area (Å²) in [4.78, 5) is 27.6. The molecule has 0 aliphatic carbocycles. The highest BCUT2D eigenvalue weighted by atomic mass is 16.5. The summed E-state index contributed by atoms with van der Waals surface area (Å²) in [6, 6.07) is 6.97. The SMILES string of the molecule is CCOc1ccc(N[C@@H](C)C(=O)c2[nH]c(C)c(C(=O)OC)c2C)cc1. The van der Waals surface area contributed by atoms with E-state index >= 15 is 0 Å². The number of aromatic nitrogens is 1. The van der Waals surface area contributed by atoms with Crippen molar-refractivity contribution in [3.05, 3.63) is 46.8 Å². The normalized spacial score (nSPS) is 11.7. The molecule has 2 aromatic rings. The van der Waals surface area contributed by atoms with Crippen LogP contribution < -0.4 is 10.1 Å². The molecule has 1 aromatic heterocycles. The lowest BCUT2D eigenvalue weighted by Gasteiger charge is -2.14. The maximum absolute atomic E-state index is 12.7. The summed E-state index contributed by atoms with van der Waals surface area (Å²) in [6.07, 6.45) is 0. The van der Waals surface area contributed by atoms with Gasteiger partial charge in [0.15, 0.2) is 0 Å². The molecule has 0 saturated heterocycles. The van der Waals surface area contributed by atoms with Gasteiger partial charge in [-0.3, -0.25) is 4.79 Å². The molecule has 0 radical (unpaired) electrons. The van der Waals surface area contributed by atoms with E-state index in [-0.39, 0.29) is 5.78 Å². The van der Waals surface area contributed by atoms with E-state index in [9.17, 15) is 9.59 Å². The number of H-pyrrole nitrogens is 1. The Hall–Kier alpha value is -2.76. The number of nitrogens with one attached hydrogen (secondary N) is 2.